The zero-order valence-corrected chi connectivity index (χ0v) is 14.4. The molecular formula is C17H23NO4S. The van der Waals surface area contributed by atoms with Crippen molar-refractivity contribution < 1.29 is 17.9 Å². The van der Waals surface area contributed by atoms with Gasteiger partial charge in [0.2, 0.25) is 0 Å². The highest BCUT2D eigenvalue weighted by Crippen LogP contribution is 2.23. The summed E-state index contributed by atoms with van der Waals surface area (Å²) in [7, 11) is -3.04. The van der Waals surface area contributed by atoms with Crippen molar-refractivity contribution in [1.29, 1.82) is 0 Å². The Morgan fingerprint density at radius 3 is 2.57 bits per heavy atom. The molecule has 1 heterocycles. The monoisotopic (exact) mass is 337 g/mol. The minimum absolute atomic E-state index is 0.0238. The molecule has 1 aromatic carbocycles. The lowest BCUT2D eigenvalue weighted by Gasteiger charge is -2.27. The van der Waals surface area contributed by atoms with E-state index in [-0.39, 0.29) is 30.1 Å². The zero-order chi connectivity index (χ0) is 17.0. The number of nitrogens with zero attached hydrogens (tertiary/aromatic N) is 1. The predicted molar refractivity (Wildman–Crippen MR) is 90.4 cm³/mol. The van der Waals surface area contributed by atoms with E-state index < -0.39 is 9.84 Å². The van der Waals surface area contributed by atoms with Crippen molar-refractivity contribution in [2.45, 2.75) is 26.3 Å². The molecule has 23 heavy (non-hydrogen) atoms. The summed E-state index contributed by atoms with van der Waals surface area (Å²) in [5, 5.41) is 0. The zero-order valence-electron chi connectivity index (χ0n) is 13.6. The summed E-state index contributed by atoms with van der Waals surface area (Å²) in [6.45, 7) is 7.74. The Balaban J connectivity index is 2.06. The third-order valence-corrected chi connectivity index (χ3v) is 5.79. The average molecular weight is 337 g/mol. The Hall–Kier alpha value is -1.82. The van der Waals surface area contributed by atoms with Crippen LogP contribution in [0.3, 0.4) is 0 Å². The lowest BCUT2D eigenvalue weighted by molar-refractivity contribution is -0.134. The Kier molecular flexibility index (Phi) is 5.46. The van der Waals surface area contributed by atoms with E-state index in [1.807, 2.05) is 32.0 Å². The van der Waals surface area contributed by atoms with Gasteiger partial charge in [-0.05, 0) is 31.4 Å². The molecule has 0 bridgehead atoms. The van der Waals surface area contributed by atoms with E-state index in [1.165, 1.54) is 0 Å². The number of carbonyl (C=O) groups is 1. The van der Waals surface area contributed by atoms with Gasteiger partial charge >= 0.3 is 0 Å². The number of benzene rings is 1. The Bertz CT molecular complexity index is 676. The highest BCUT2D eigenvalue weighted by atomic mass is 32.2. The predicted octanol–water partition coefficient (Wildman–Crippen LogP) is 1.88. The molecule has 0 aliphatic carbocycles. The smallest absolute Gasteiger partial charge is 0.261 e. The van der Waals surface area contributed by atoms with Crippen LogP contribution < -0.4 is 4.74 Å². The molecule has 1 fully saturated rings. The summed E-state index contributed by atoms with van der Waals surface area (Å²) in [6, 6.07) is 5.51. The van der Waals surface area contributed by atoms with Crippen LogP contribution in [0.15, 0.2) is 30.9 Å². The number of carbonyl (C=O) groups excluding carboxylic acids is 1. The van der Waals surface area contributed by atoms with Gasteiger partial charge in [-0.3, -0.25) is 4.79 Å². The Morgan fingerprint density at radius 1 is 1.39 bits per heavy atom. The molecule has 1 aromatic rings. The fourth-order valence-electron chi connectivity index (χ4n) is 2.86. The third-order valence-electron chi connectivity index (χ3n) is 4.04. The van der Waals surface area contributed by atoms with Crippen LogP contribution in [0.25, 0.3) is 0 Å². The van der Waals surface area contributed by atoms with Crippen LogP contribution in [0.5, 0.6) is 5.75 Å². The van der Waals surface area contributed by atoms with E-state index in [0.717, 1.165) is 11.1 Å². The molecule has 1 aliphatic rings. The molecule has 1 aliphatic heterocycles. The van der Waals surface area contributed by atoms with Crippen LogP contribution in [0.4, 0.5) is 0 Å². The number of rotatable bonds is 6. The van der Waals surface area contributed by atoms with Gasteiger partial charge in [-0.2, -0.15) is 0 Å². The van der Waals surface area contributed by atoms with Crippen LogP contribution in [0.2, 0.25) is 0 Å². The molecule has 0 saturated carbocycles. The first-order valence-electron chi connectivity index (χ1n) is 7.64. The second-order valence-corrected chi connectivity index (χ2v) is 8.13. The standard InChI is InChI=1S/C17H23NO4S/c1-4-9-18(15-8-10-23(20,21)12-15)16(19)11-22-17-13(2)6-5-7-14(17)3/h4-7,15H,1,8-12H2,2-3H3/t15-/m1/s1. The summed E-state index contributed by atoms with van der Waals surface area (Å²) in [6.07, 6.45) is 2.09. The highest BCUT2D eigenvalue weighted by Gasteiger charge is 2.34. The van der Waals surface area contributed by atoms with Crippen molar-refractivity contribution >= 4 is 15.7 Å². The molecule has 5 nitrogen and oxygen atoms in total. The molecule has 1 amide bonds. The lowest BCUT2D eigenvalue weighted by Crippen LogP contribution is -2.43. The molecule has 2 rings (SSSR count). The highest BCUT2D eigenvalue weighted by molar-refractivity contribution is 7.91. The maximum absolute atomic E-state index is 12.5. The maximum atomic E-state index is 12.5. The Labute approximate surface area is 137 Å². The van der Waals surface area contributed by atoms with E-state index in [9.17, 15) is 13.2 Å². The quantitative estimate of drug-likeness (QED) is 0.744. The van der Waals surface area contributed by atoms with Crippen LogP contribution in [-0.2, 0) is 14.6 Å². The SMILES string of the molecule is C=CCN(C(=O)COc1c(C)cccc1C)[C@@H]1CCS(=O)(=O)C1. The maximum Gasteiger partial charge on any atom is 0.261 e. The van der Waals surface area contributed by atoms with Crippen LogP contribution in [-0.4, -0.2) is 49.9 Å². The Morgan fingerprint density at radius 2 is 2.04 bits per heavy atom. The van der Waals surface area contributed by atoms with Gasteiger partial charge in [0.25, 0.3) is 5.91 Å². The molecule has 126 valence electrons. The molecular weight excluding hydrogens is 314 g/mol. The van der Waals surface area contributed by atoms with E-state index in [2.05, 4.69) is 6.58 Å². The van der Waals surface area contributed by atoms with E-state index >= 15 is 0 Å². The number of amides is 1. The van der Waals surface area contributed by atoms with Gasteiger partial charge in [-0.1, -0.05) is 24.3 Å². The van der Waals surface area contributed by atoms with Gasteiger partial charge in [-0.25, -0.2) is 8.42 Å². The normalized spacial score (nSPS) is 19.3. The van der Waals surface area contributed by atoms with Crippen LogP contribution >= 0.6 is 0 Å². The van der Waals surface area contributed by atoms with Crippen molar-refractivity contribution in [3.05, 3.63) is 42.0 Å². The molecule has 1 atom stereocenters. The van der Waals surface area contributed by atoms with Crippen molar-refractivity contribution in [1.82, 2.24) is 4.90 Å². The van der Waals surface area contributed by atoms with Crippen molar-refractivity contribution in [2.24, 2.45) is 0 Å². The molecule has 6 heteroatoms. The van der Waals surface area contributed by atoms with Crippen LogP contribution in [0.1, 0.15) is 17.5 Å². The number of ether oxygens (including phenoxy) is 1. The number of sulfone groups is 1. The van der Waals surface area contributed by atoms with Crippen LogP contribution in [0, 0.1) is 13.8 Å². The molecule has 0 radical (unpaired) electrons. The van der Waals surface area contributed by atoms with E-state index in [4.69, 9.17) is 4.74 Å². The molecule has 0 unspecified atom stereocenters. The fraction of sp³-hybridized carbons (Fsp3) is 0.471. The van der Waals surface area contributed by atoms with Crippen molar-refractivity contribution in [2.75, 3.05) is 24.7 Å². The molecule has 0 N–H and O–H groups in total. The summed E-state index contributed by atoms with van der Waals surface area (Å²) in [5.74, 6) is 0.653. The van der Waals surface area contributed by atoms with Gasteiger partial charge in [-0.15, -0.1) is 6.58 Å². The summed E-state index contributed by atoms with van der Waals surface area (Å²) >= 11 is 0. The average Bonchev–Trinajstić information content (AvgIpc) is 2.84. The molecule has 1 saturated heterocycles. The molecule has 0 spiro atoms. The van der Waals surface area contributed by atoms with Gasteiger partial charge < -0.3 is 9.64 Å². The second kappa shape index (κ2) is 7.17. The topological polar surface area (TPSA) is 63.7 Å². The largest absolute Gasteiger partial charge is 0.483 e. The van der Waals surface area contributed by atoms with Gasteiger partial charge in [0, 0.05) is 12.6 Å². The summed E-state index contributed by atoms with van der Waals surface area (Å²) < 4.78 is 29.0. The van der Waals surface area contributed by atoms with Gasteiger partial charge in [0.15, 0.2) is 16.4 Å². The lowest BCUT2D eigenvalue weighted by atomic mass is 10.1. The minimum Gasteiger partial charge on any atom is -0.483 e. The third kappa shape index (κ3) is 4.34. The summed E-state index contributed by atoms with van der Waals surface area (Å²) in [4.78, 5) is 14.0. The fourth-order valence-corrected chi connectivity index (χ4v) is 4.59. The minimum atomic E-state index is -3.04. The number of hydrogen-bond donors (Lipinski definition) is 0. The van der Waals surface area contributed by atoms with Crippen molar-refractivity contribution in [3.8, 4) is 5.75 Å². The van der Waals surface area contributed by atoms with Gasteiger partial charge in [0.05, 0.1) is 11.5 Å². The number of hydrogen-bond acceptors (Lipinski definition) is 4. The van der Waals surface area contributed by atoms with E-state index in [0.29, 0.717) is 18.7 Å². The first-order valence-corrected chi connectivity index (χ1v) is 9.46. The second-order valence-electron chi connectivity index (χ2n) is 5.90. The van der Waals surface area contributed by atoms with E-state index in [1.54, 1.807) is 11.0 Å². The van der Waals surface area contributed by atoms with Gasteiger partial charge in [0.1, 0.15) is 5.75 Å². The first-order chi connectivity index (χ1) is 10.8. The first kappa shape index (κ1) is 17.5. The number of para-hydroxylation sites is 1. The van der Waals surface area contributed by atoms with Crippen molar-refractivity contribution in [3.63, 3.8) is 0 Å². The number of aryl methyl sites for hydroxylation is 2. The molecule has 0 aromatic heterocycles. The summed E-state index contributed by atoms with van der Waals surface area (Å²) in [5.41, 5.74) is 1.94.